The standard InChI is InChI=1S/C14H20N4O/c1-2-17-7-5-11(6-8-17)9-13-15-14-4-3-12(19)10-18(14)16-13/h3-4,10-11,19H,2,5-9H2,1H3. The average molecular weight is 260 g/mol. The number of pyridine rings is 1. The van der Waals surface area contributed by atoms with Crippen molar-refractivity contribution >= 4 is 5.65 Å². The van der Waals surface area contributed by atoms with Crippen LogP contribution in [0.25, 0.3) is 5.65 Å². The van der Waals surface area contributed by atoms with Crippen molar-refractivity contribution in [3.05, 3.63) is 24.2 Å². The van der Waals surface area contributed by atoms with Gasteiger partial charge in [-0.15, -0.1) is 0 Å². The van der Waals surface area contributed by atoms with E-state index in [1.807, 2.05) is 0 Å². The second kappa shape index (κ2) is 5.17. The maximum absolute atomic E-state index is 9.42. The van der Waals surface area contributed by atoms with Gasteiger partial charge in [-0.3, -0.25) is 0 Å². The molecule has 0 unspecified atom stereocenters. The van der Waals surface area contributed by atoms with Gasteiger partial charge in [-0.1, -0.05) is 6.92 Å². The molecule has 19 heavy (non-hydrogen) atoms. The molecule has 1 aliphatic rings. The van der Waals surface area contributed by atoms with Crippen molar-refractivity contribution in [1.82, 2.24) is 19.5 Å². The minimum Gasteiger partial charge on any atom is -0.506 e. The van der Waals surface area contributed by atoms with Gasteiger partial charge < -0.3 is 10.0 Å². The van der Waals surface area contributed by atoms with Gasteiger partial charge >= 0.3 is 0 Å². The van der Waals surface area contributed by atoms with Gasteiger partial charge in [0.1, 0.15) is 5.75 Å². The molecule has 2 aromatic heterocycles. The van der Waals surface area contributed by atoms with Crippen LogP contribution in [0.3, 0.4) is 0 Å². The minimum atomic E-state index is 0.222. The number of hydrogen-bond donors (Lipinski definition) is 1. The highest BCUT2D eigenvalue weighted by Gasteiger charge is 2.20. The van der Waals surface area contributed by atoms with Crippen LogP contribution in [0.15, 0.2) is 18.3 Å². The van der Waals surface area contributed by atoms with Crippen molar-refractivity contribution in [1.29, 1.82) is 0 Å². The Kier molecular flexibility index (Phi) is 3.38. The topological polar surface area (TPSA) is 53.7 Å². The first-order chi connectivity index (χ1) is 9.24. The van der Waals surface area contributed by atoms with Crippen LogP contribution in [-0.4, -0.2) is 44.2 Å². The highest BCUT2D eigenvalue weighted by atomic mass is 16.3. The second-order valence-electron chi connectivity index (χ2n) is 5.30. The summed E-state index contributed by atoms with van der Waals surface area (Å²) in [5.74, 6) is 1.80. The van der Waals surface area contributed by atoms with Crippen LogP contribution in [0.1, 0.15) is 25.6 Å². The van der Waals surface area contributed by atoms with Crippen LogP contribution in [0.2, 0.25) is 0 Å². The van der Waals surface area contributed by atoms with Crippen LogP contribution < -0.4 is 0 Å². The maximum atomic E-state index is 9.42. The molecule has 3 heterocycles. The largest absolute Gasteiger partial charge is 0.506 e. The molecule has 3 rings (SSSR count). The van der Waals surface area contributed by atoms with Crippen molar-refractivity contribution < 1.29 is 5.11 Å². The third-order valence-corrected chi connectivity index (χ3v) is 3.98. The summed E-state index contributed by atoms with van der Waals surface area (Å²) < 4.78 is 1.66. The lowest BCUT2D eigenvalue weighted by atomic mass is 9.93. The molecule has 0 aliphatic carbocycles. The van der Waals surface area contributed by atoms with Gasteiger partial charge in [0.2, 0.25) is 0 Å². The molecule has 0 amide bonds. The van der Waals surface area contributed by atoms with E-state index in [1.54, 1.807) is 22.8 Å². The van der Waals surface area contributed by atoms with Crippen LogP contribution in [-0.2, 0) is 6.42 Å². The van der Waals surface area contributed by atoms with E-state index in [1.165, 1.54) is 25.9 Å². The van der Waals surface area contributed by atoms with E-state index in [2.05, 4.69) is 21.9 Å². The first-order valence-corrected chi connectivity index (χ1v) is 7.01. The Morgan fingerprint density at radius 2 is 2.11 bits per heavy atom. The van der Waals surface area contributed by atoms with E-state index in [0.717, 1.165) is 24.4 Å². The number of aromatic hydroxyl groups is 1. The highest BCUT2D eigenvalue weighted by molar-refractivity contribution is 5.40. The van der Waals surface area contributed by atoms with Crippen molar-refractivity contribution in [2.24, 2.45) is 5.92 Å². The monoisotopic (exact) mass is 260 g/mol. The van der Waals surface area contributed by atoms with Crippen molar-refractivity contribution in [2.45, 2.75) is 26.2 Å². The van der Waals surface area contributed by atoms with Crippen molar-refractivity contribution in [3.8, 4) is 5.75 Å². The van der Waals surface area contributed by atoms with Crippen molar-refractivity contribution in [3.63, 3.8) is 0 Å². The Hall–Kier alpha value is -1.62. The maximum Gasteiger partial charge on any atom is 0.155 e. The molecule has 5 heteroatoms. The molecular formula is C14H20N4O. The lowest BCUT2D eigenvalue weighted by Crippen LogP contribution is -2.34. The van der Waals surface area contributed by atoms with Gasteiger partial charge in [-0.25, -0.2) is 9.50 Å². The van der Waals surface area contributed by atoms with Gasteiger partial charge in [-0.2, -0.15) is 5.10 Å². The molecule has 0 spiro atoms. The molecule has 1 aliphatic heterocycles. The number of likely N-dealkylation sites (tertiary alicyclic amines) is 1. The van der Waals surface area contributed by atoms with E-state index in [4.69, 9.17) is 0 Å². The quantitative estimate of drug-likeness (QED) is 0.913. The van der Waals surface area contributed by atoms with Crippen LogP contribution in [0.5, 0.6) is 5.75 Å². The Bertz CT molecular complexity index is 558. The smallest absolute Gasteiger partial charge is 0.155 e. The highest BCUT2D eigenvalue weighted by Crippen LogP contribution is 2.20. The van der Waals surface area contributed by atoms with E-state index in [9.17, 15) is 5.11 Å². The summed E-state index contributed by atoms with van der Waals surface area (Å²) >= 11 is 0. The number of aromatic nitrogens is 3. The van der Waals surface area contributed by atoms with Gasteiger partial charge in [0.05, 0.1) is 6.20 Å². The van der Waals surface area contributed by atoms with Gasteiger partial charge in [0.15, 0.2) is 11.5 Å². The van der Waals surface area contributed by atoms with E-state index < -0.39 is 0 Å². The number of nitrogens with zero attached hydrogens (tertiary/aromatic N) is 4. The molecule has 0 radical (unpaired) electrons. The molecule has 5 nitrogen and oxygen atoms in total. The molecule has 102 valence electrons. The summed E-state index contributed by atoms with van der Waals surface area (Å²) in [6, 6.07) is 3.44. The first kappa shape index (κ1) is 12.4. The number of rotatable bonds is 3. The molecule has 0 bridgehead atoms. The Labute approximate surface area is 112 Å². The Morgan fingerprint density at radius 1 is 1.32 bits per heavy atom. The third-order valence-electron chi connectivity index (χ3n) is 3.98. The van der Waals surface area contributed by atoms with Gasteiger partial charge in [-0.05, 0) is 50.5 Å². The van der Waals surface area contributed by atoms with Crippen LogP contribution in [0, 0.1) is 5.92 Å². The Balaban J connectivity index is 1.68. The predicted molar refractivity (Wildman–Crippen MR) is 73.2 cm³/mol. The normalized spacial score (nSPS) is 18.2. The molecule has 0 aromatic carbocycles. The number of hydrogen-bond acceptors (Lipinski definition) is 4. The molecule has 1 N–H and O–H groups in total. The van der Waals surface area contributed by atoms with E-state index in [0.29, 0.717) is 5.92 Å². The van der Waals surface area contributed by atoms with Crippen molar-refractivity contribution in [2.75, 3.05) is 19.6 Å². The summed E-state index contributed by atoms with van der Waals surface area (Å²) in [7, 11) is 0. The zero-order valence-electron chi connectivity index (χ0n) is 11.3. The molecule has 0 atom stereocenters. The van der Waals surface area contributed by atoms with E-state index in [-0.39, 0.29) is 5.75 Å². The number of fused-ring (bicyclic) bond motifs is 1. The average Bonchev–Trinajstić information content (AvgIpc) is 2.81. The molecule has 2 aromatic rings. The predicted octanol–water partition coefficient (Wildman–Crippen LogP) is 1.71. The fourth-order valence-electron chi connectivity index (χ4n) is 2.77. The van der Waals surface area contributed by atoms with Crippen LogP contribution >= 0.6 is 0 Å². The fourth-order valence-corrected chi connectivity index (χ4v) is 2.77. The Morgan fingerprint density at radius 3 is 2.84 bits per heavy atom. The SMILES string of the molecule is CCN1CCC(Cc2nc3ccc(O)cn3n2)CC1. The molecule has 1 fully saturated rings. The van der Waals surface area contributed by atoms with Crippen LogP contribution in [0.4, 0.5) is 0 Å². The summed E-state index contributed by atoms with van der Waals surface area (Å²) in [6.45, 7) is 5.75. The fraction of sp³-hybridized carbons (Fsp3) is 0.571. The zero-order chi connectivity index (χ0) is 13.2. The molecule has 1 saturated heterocycles. The van der Waals surface area contributed by atoms with E-state index >= 15 is 0 Å². The molecular weight excluding hydrogens is 240 g/mol. The van der Waals surface area contributed by atoms with Gasteiger partial charge in [0.25, 0.3) is 0 Å². The first-order valence-electron chi connectivity index (χ1n) is 7.01. The summed E-state index contributed by atoms with van der Waals surface area (Å²) in [4.78, 5) is 7.01. The lowest BCUT2D eigenvalue weighted by molar-refractivity contribution is 0.191. The third kappa shape index (κ3) is 2.71. The summed E-state index contributed by atoms with van der Waals surface area (Å²) in [6.07, 6.45) is 5.01. The summed E-state index contributed by atoms with van der Waals surface area (Å²) in [5, 5.41) is 13.9. The minimum absolute atomic E-state index is 0.222. The zero-order valence-corrected chi connectivity index (χ0v) is 11.3. The second-order valence-corrected chi connectivity index (χ2v) is 5.30. The lowest BCUT2D eigenvalue weighted by Gasteiger charge is -2.30. The summed E-state index contributed by atoms with van der Waals surface area (Å²) in [5.41, 5.74) is 0.804. The number of piperidine rings is 1. The molecule has 0 saturated carbocycles. The van der Waals surface area contributed by atoms with Gasteiger partial charge in [0, 0.05) is 6.42 Å².